The minimum absolute atomic E-state index is 0.0195. The molecule has 2 N–H and O–H groups in total. The predicted octanol–water partition coefficient (Wildman–Crippen LogP) is 3.19. The average molecular weight is 290 g/mol. The van der Waals surface area contributed by atoms with E-state index in [9.17, 15) is 4.79 Å². The van der Waals surface area contributed by atoms with E-state index >= 15 is 0 Å². The molecule has 1 saturated carbocycles. The Morgan fingerprint density at radius 1 is 1.43 bits per heavy atom. The quantitative estimate of drug-likeness (QED) is 0.811. The topological polar surface area (TPSA) is 50.4 Å². The molecule has 0 bridgehead atoms. The van der Waals surface area contributed by atoms with Crippen molar-refractivity contribution >= 4 is 11.6 Å². The van der Waals surface area contributed by atoms with Gasteiger partial charge in [-0.3, -0.25) is 4.79 Å². The van der Waals surface area contributed by atoms with Crippen molar-refractivity contribution in [2.75, 3.05) is 12.4 Å². The Balaban J connectivity index is 1.95. The van der Waals surface area contributed by atoms with Crippen molar-refractivity contribution in [1.29, 1.82) is 0 Å². The van der Waals surface area contributed by atoms with Gasteiger partial charge in [-0.1, -0.05) is 6.07 Å². The van der Waals surface area contributed by atoms with Gasteiger partial charge in [0.15, 0.2) is 0 Å². The maximum atomic E-state index is 12.0. The van der Waals surface area contributed by atoms with E-state index in [1.807, 2.05) is 24.3 Å². The van der Waals surface area contributed by atoms with Crippen LogP contribution in [0.1, 0.15) is 50.4 Å². The minimum atomic E-state index is -0.159. The van der Waals surface area contributed by atoms with Crippen molar-refractivity contribution in [3.05, 3.63) is 29.8 Å². The van der Waals surface area contributed by atoms with Crippen LogP contribution in [0.2, 0.25) is 0 Å². The summed E-state index contributed by atoms with van der Waals surface area (Å²) >= 11 is 0. The molecule has 0 radical (unpaired) electrons. The third kappa shape index (κ3) is 5.05. The third-order valence-corrected chi connectivity index (χ3v) is 3.80. The average Bonchev–Trinajstić information content (AvgIpc) is 3.22. The van der Waals surface area contributed by atoms with E-state index in [1.165, 1.54) is 0 Å². The van der Waals surface area contributed by atoms with Crippen LogP contribution in [0.5, 0.6) is 0 Å². The van der Waals surface area contributed by atoms with E-state index in [0.717, 1.165) is 24.9 Å². The Morgan fingerprint density at radius 3 is 2.76 bits per heavy atom. The van der Waals surface area contributed by atoms with Crippen molar-refractivity contribution < 1.29 is 9.53 Å². The first-order valence-corrected chi connectivity index (χ1v) is 7.62. The minimum Gasteiger partial charge on any atom is -0.382 e. The van der Waals surface area contributed by atoms with Gasteiger partial charge in [-0.15, -0.1) is 0 Å². The lowest BCUT2D eigenvalue weighted by atomic mass is 9.99. The molecule has 4 nitrogen and oxygen atoms in total. The summed E-state index contributed by atoms with van der Waals surface area (Å²) in [5, 5.41) is 6.45. The Hall–Kier alpha value is -1.55. The fourth-order valence-electron chi connectivity index (χ4n) is 2.40. The van der Waals surface area contributed by atoms with Gasteiger partial charge in [0, 0.05) is 30.4 Å². The van der Waals surface area contributed by atoms with Crippen LogP contribution in [0.4, 0.5) is 5.69 Å². The van der Waals surface area contributed by atoms with Crippen LogP contribution in [0.25, 0.3) is 0 Å². The fourth-order valence-corrected chi connectivity index (χ4v) is 2.40. The number of ether oxygens (including phenoxy) is 1. The number of hydrogen-bond donors (Lipinski definition) is 2. The van der Waals surface area contributed by atoms with E-state index in [0.29, 0.717) is 11.6 Å². The maximum absolute atomic E-state index is 12.0. The van der Waals surface area contributed by atoms with Crippen molar-refractivity contribution in [1.82, 2.24) is 5.32 Å². The van der Waals surface area contributed by atoms with Gasteiger partial charge in [-0.25, -0.2) is 0 Å². The smallest absolute Gasteiger partial charge is 0.251 e. The lowest BCUT2D eigenvalue weighted by molar-refractivity contribution is 0.0128. The summed E-state index contributed by atoms with van der Waals surface area (Å²) in [6.07, 6.45) is 3.10. The summed E-state index contributed by atoms with van der Waals surface area (Å²) < 4.78 is 5.45. The second-order valence-electron chi connectivity index (χ2n) is 6.54. The molecule has 1 aromatic rings. The maximum Gasteiger partial charge on any atom is 0.251 e. The highest BCUT2D eigenvalue weighted by Gasteiger charge is 2.24. The largest absolute Gasteiger partial charge is 0.382 e. The molecule has 2 rings (SSSR count). The van der Waals surface area contributed by atoms with Gasteiger partial charge in [-0.2, -0.15) is 0 Å². The number of benzene rings is 1. The number of methoxy groups -OCH3 is 1. The van der Waals surface area contributed by atoms with Crippen molar-refractivity contribution in [2.45, 2.75) is 57.7 Å². The highest BCUT2D eigenvalue weighted by molar-refractivity contribution is 5.95. The zero-order valence-electron chi connectivity index (χ0n) is 13.4. The summed E-state index contributed by atoms with van der Waals surface area (Å²) in [6.45, 7) is 6.27. The van der Waals surface area contributed by atoms with Gasteiger partial charge in [0.2, 0.25) is 0 Å². The first-order valence-electron chi connectivity index (χ1n) is 7.62. The van der Waals surface area contributed by atoms with Gasteiger partial charge >= 0.3 is 0 Å². The molecule has 1 aromatic carbocycles. The third-order valence-electron chi connectivity index (χ3n) is 3.80. The molecule has 0 aliphatic heterocycles. The summed E-state index contributed by atoms with van der Waals surface area (Å²) in [4.78, 5) is 12.0. The van der Waals surface area contributed by atoms with Gasteiger partial charge in [0.1, 0.15) is 0 Å². The Labute approximate surface area is 127 Å². The van der Waals surface area contributed by atoms with Crippen LogP contribution in [0.15, 0.2) is 24.3 Å². The SMILES string of the molecule is COC(C)(C)CC(C)Nc1cccc(C(=O)NC2CC2)c1. The monoisotopic (exact) mass is 290 g/mol. The van der Waals surface area contributed by atoms with E-state index in [2.05, 4.69) is 31.4 Å². The van der Waals surface area contributed by atoms with Crippen LogP contribution < -0.4 is 10.6 Å². The van der Waals surface area contributed by atoms with Crippen molar-refractivity contribution in [3.8, 4) is 0 Å². The van der Waals surface area contributed by atoms with E-state index in [-0.39, 0.29) is 17.6 Å². The zero-order chi connectivity index (χ0) is 15.5. The van der Waals surface area contributed by atoms with Crippen LogP contribution >= 0.6 is 0 Å². The Morgan fingerprint density at radius 2 is 2.14 bits per heavy atom. The molecule has 0 spiro atoms. The molecule has 4 heteroatoms. The molecule has 1 amide bonds. The fraction of sp³-hybridized carbons (Fsp3) is 0.588. The van der Waals surface area contributed by atoms with Crippen molar-refractivity contribution in [2.24, 2.45) is 0 Å². The first kappa shape index (κ1) is 15.8. The van der Waals surface area contributed by atoms with Crippen molar-refractivity contribution in [3.63, 3.8) is 0 Å². The number of carbonyl (C=O) groups is 1. The second-order valence-corrected chi connectivity index (χ2v) is 6.54. The molecule has 0 heterocycles. The molecule has 1 fully saturated rings. The van der Waals surface area contributed by atoms with E-state index in [4.69, 9.17) is 4.74 Å². The first-order chi connectivity index (χ1) is 9.89. The molecule has 0 aromatic heterocycles. The van der Waals surface area contributed by atoms with Gasteiger partial charge < -0.3 is 15.4 Å². The normalized spacial score (nSPS) is 16.4. The van der Waals surface area contributed by atoms with Gasteiger partial charge in [-0.05, 0) is 58.2 Å². The van der Waals surface area contributed by atoms with Gasteiger partial charge in [0.25, 0.3) is 5.91 Å². The standard InChI is InChI=1S/C17H26N2O2/c1-12(11-17(2,3)21-4)18-15-7-5-6-13(10-15)16(20)19-14-8-9-14/h5-7,10,12,14,18H,8-9,11H2,1-4H3,(H,19,20). The number of amides is 1. The Kier molecular flexibility index (Phi) is 4.88. The van der Waals surface area contributed by atoms with E-state index < -0.39 is 0 Å². The Bertz CT molecular complexity index is 495. The number of nitrogens with one attached hydrogen (secondary N) is 2. The summed E-state index contributed by atoms with van der Waals surface area (Å²) in [7, 11) is 1.73. The number of hydrogen-bond acceptors (Lipinski definition) is 3. The number of anilines is 1. The molecular formula is C17H26N2O2. The molecule has 21 heavy (non-hydrogen) atoms. The molecule has 116 valence electrons. The summed E-state index contributed by atoms with van der Waals surface area (Å²) in [5.74, 6) is 0.0195. The van der Waals surface area contributed by atoms with Crippen LogP contribution in [-0.2, 0) is 4.74 Å². The zero-order valence-corrected chi connectivity index (χ0v) is 13.4. The van der Waals surface area contributed by atoms with Gasteiger partial charge in [0.05, 0.1) is 5.60 Å². The second kappa shape index (κ2) is 6.48. The van der Waals surface area contributed by atoms with Crippen LogP contribution in [0, 0.1) is 0 Å². The highest BCUT2D eigenvalue weighted by Crippen LogP contribution is 2.21. The lowest BCUT2D eigenvalue weighted by Gasteiger charge is -2.27. The van der Waals surface area contributed by atoms with E-state index in [1.54, 1.807) is 7.11 Å². The molecular weight excluding hydrogens is 264 g/mol. The number of carbonyl (C=O) groups excluding carboxylic acids is 1. The lowest BCUT2D eigenvalue weighted by Crippen LogP contribution is -2.31. The summed E-state index contributed by atoms with van der Waals surface area (Å²) in [5.41, 5.74) is 1.52. The summed E-state index contributed by atoms with van der Waals surface area (Å²) in [6, 6.07) is 8.32. The molecule has 1 atom stereocenters. The predicted molar refractivity (Wildman–Crippen MR) is 85.7 cm³/mol. The van der Waals surface area contributed by atoms with Crippen LogP contribution in [-0.4, -0.2) is 30.7 Å². The molecule has 1 unspecified atom stereocenters. The molecule has 0 saturated heterocycles. The molecule has 1 aliphatic carbocycles. The van der Waals surface area contributed by atoms with Crippen LogP contribution in [0.3, 0.4) is 0 Å². The molecule has 1 aliphatic rings. The number of rotatable bonds is 7. The highest BCUT2D eigenvalue weighted by atomic mass is 16.5.